The van der Waals surface area contributed by atoms with E-state index in [-0.39, 0.29) is 0 Å². The summed E-state index contributed by atoms with van der Waals surface area (Å²) >= 11 is 5.08. The summed E-state index contributed by atoms with van der Waals surface area (Å²) in [6.07, 6.45) is 2.67. The summed E-state index contributed by atoms with van der Waals surface area (Å²) in [6, 6.07) is 8.22. The van der Waals surface area contributed by atoms with Crippen molar-refractivity contribution >= 4 is 32.4 Å². The monoisotopic (exact) mass is 338 g/mol. The smallest absolute Gasteiger partial charge is 0.183 e. The lowest BCUT2D eigenvalue weighted by atomic mass is 10.2. The molecule has 2 aromatic rings. The SMILES string of the molecule is Brc1ccc(-c2csc(NC[C@@H]3CCCO3)n2)cc1. The summed E-state index contributed by atoms with van der Waals surface area (Å²) in [5, 5.41) is 6.41. The van der Waals surface area contributed by atoms with Crippen LogP contribution in [0.1, 0.15) is 12.8 Å². The van der Waals surface area contributed by atoms with Gasteiger partial charge >= 0.3 is 0 Å². The van der Waals surface area contributed by atoms with Crippen LogP contribution in [0, 0.1) is 0 Å². The van der Waals surface area contributed by atoms with E-state index in [1.165, 1.54) is 6.42 Å². The van der Waals surface area contributed by atoms with Crippen LogP contribution in [-0.4, -0.2) is 24.2 Å². The van der Waals surface area contributed by atoms with E-state index in [0.717, 1.165) is 40.4 Å². The third-order valence-electron chi connectivity index (χ3n) is 3.15. The Morgan fingerprint density at radius 1 is 1.37 bits per heavy atom. The van der Waals surface area contributed by atoms with Crippen molar-refractivity contribution in [2.45, 2.75) is 18.9 Å². The Morgan fingerprint density at radius 2 is 2.21 bits per heavy atom. The van der Waals surface area contributed by atoms with Crippen molar-refractivity contribution < 1.29 is 4.74 Å². The van der Waals surface area contributed by atoms with Crippen LogP contribution in [0.5, 0.6) is 0 Å². The highest BCUT2D eigenvalue weighted by atomic mass is 79.9. The fourth-order valence-electron chi connectivity index (χ4n) is 2.11. The Labute approximate surface area is 125 Å². The summed E-state index contributed by atoms with van der Waals surface area (Å²) in [7, 11) is 0. The number of halogens is 1. The van der Waals surface area contributed by atoms with Crippen LogP contribution in [0.25, 0.3) is 11.3 Å². The van der Waals surface area contributed by atoms with Crippen molar-refractivity contribution in [3.8, 4) is 11.3 Å². The Balaban J connectivity index is 1.63. The van der Waals surface area contributed by atoms with Gasteiger partial charge in [-0.3, -0.25) is 0 Å². The third-order valence-corrected chi connectivity index (χ3v) is 4.48. The zero-order chi connectivity index (χ0) is 13.1. The highest BCUT2D eigenvalue weighted by Crippen LogP contribution is 2.26. The second-order valence-electron chi connectivity index (χ2n) is 4.56. The minimum absolute atomic E-state index is 0.347. The van der Waals surface area contributed by atoms with Crippen LogP contribution in [0.2, 0.25) is 0 Å². The number of hydrogen-bond donors (Lipinski definition) is 1. The zero-order valence-corrected chi connectivity index (χ0v) is 12.8. The molecule has 1 aromatic carbocycles. The van der Waals surface area contributed by atoms with E-state index in [1.807, 2.05) is 12.1 Å². The summed E-state index contributed by atoms with van der Waals surface area (Å²) in [5.74, 6) is 0. The van der Waals surface area contributed by atoms with E-state index < -0.39 is 0 Å². The summed E-state index contributed by atoms with van der Waals surface area (Å²) in [6.45, 7) is 1.75. The molecule has 0 radical (unpaired) electrons. The highest BCUT2D eigenvalue weighted by Gasteiger charge is 2.15. The average molecular weight is 339 g/mol. The van der Waals surface area contributed by atoms with E-state index in [2.05, 4.69) is 43.7 Å². The highest BCUT2D eigenvalue weighted by molar-refractivity contribution is 9.10. The molecule has 0 spiro atoms. The standard InChI is InChI=1S/C14H15BrN2OS/c15-11-5-3-10(4-6-11)13-9-19-14(17-13)16-8-12-2-1-7-18-12/h3-6,9,12H,1-2,7-8H2,(H,16,17)/t12-/m0/s1. The Morgan fingerprint density at radius 3 is 2.95 bits per heavy atom. The molecule has 0 unspecified atom stereocenters. The Hall–Kier alpha value is -0.910. The van der Waals surface area contributed by atoms with Crippen LogP contribution in [0.4, 0.5) is 5.13 Å². The lowest BCUT2D eigenvalue weighted by molar-refractivity contribution is 0.120. The first-order valence-electron chi connectivity index (χ1n) is 6.38. The summed E-state index contributed by atoms with van der Waals surface area (Å²) in [4.78, 5) is 4.61. The van der Waals surface area contributed by atoms with Crippen molar-refractivity contribution in [1.82, 2.24) is 4.98 Å². The molecule has 1 atom stereocenters. The minimum atomic E-state index is 0.347. The molecule has 0 bridgehead atoms. The first-order valence-corrected chi connectivity index (χ1v) is 8.05. The minimum Gasteiger partial charge on any atom is -0.376 e. The molecule has 0 aliphatic carbocycles. The van der Waals surface area contributed by atoms with Gasteiger partial charge < -0.3 is 10.1 Å². The fraction of sp³-hybridized carbons (Fsp3) is 0.357. The van der Waals surface area contributed by atoms with Crippen LogP contribution >= 0.6 is 27.3 Å². The normalized spacial score (nSPS) is 18.7. The Bertz CT molecular complexity index is 535. The number of aromatic nitrogens is 1. The number of thiazole rings is 1. The second-order valence-corrected chi connectivity index (χ2v) is 6.33. The number of rotatable bonds is 4. The molecule has 1 aliphatic heterocycles. The molecule has 1 N–H and O–H groups in total. The lowest BCUT2D eigenvalue weighted by Gasteiger charge is -2.09. The van der Waals surface area contributed by atoms with Gasteiger partial charge in [0.05, 0.1) is 11.8 Å². The molecule has 19 heavy (non-hydrogen) atoms. The Kier molecular flexibility index (Phi) is 4.15. The van der Waals surface area contributed by atoms with Crippen molar-refractivity contribution in [1.29, 1.82) is 0 Å². The lowest BCUT2D eigenvalue weighted by Crippen LogP contribution is -2.18. The maximum absolute atomic E-state index is 5.59. The van der Waals surface area contributed by atoms with E-state index in [1.54, 1.807) is 11.3 Å². The van der Waals surface area contributed by atoms with Crippen molar-refractivity contribution in [3.63, 3.8) is 0 Å². The van der Waals surface area contributed by atoms with Crippen LogP contribution < -0.4 is 5.32 Å². The van der Waals surface area contributed by atoms with Gasteiger partial charge in [-0.1, -0.05) is 28.1 Å². The molecule has 1 fully saturated rings. The zero-order valence-electron chi connectivity index (χ0n) is 10.4. The molecular formula is C14H15BrN2OS. The molecule has 0 saturated carbocycles. The molecule has 3 rings (SSSR count). The molecule has 1 saturated heterocycles. The van der Waals surface area contributed by atoms with Gasteiger partial charge in [0.1, 0.15) is 0 Å². The van der Waals surface area contributed by atoms with E-state index in [4.69, 9.17) is 4.74 Å². The van der Waals surface area contributed by atoms with E-state index in [9.17, 15) is 0 Å². The van der Waals surface area contributed by atoms with Gasteiger partial charge in [-0.15, -0.1) is 11.3 Å². The van der Waals surface area contributed by atoms with Gasteiger partial charge in [0, 0.05) is 28.6 Å². The van der Waals surface area contributed by atoms with Gasteiger partial charge in [0.2, 0.25) is 0 Å². The molecule has 5 heteroatoms. The first-order chi connectivity index (χ1) is 9.31. The van der Waals surface area contributed by atoms with Crippen LogP contribution in [-0.2, 0) is 4.74 Å². The largest absolute Gasteiger partial charge is 0.376 e. The number of ether oxygens (including phenoxy) is 1. The molecule has 1 aliphatic rings. The number of nitrogens with one attached hydrogen (secondary N) is 1. The molecule has 1 aromatic heterocycles. The maximum Gasteiger partial charge on any atom is 0.183 e. The predicted octanol–water partition coefficient (Wildman–Crippen LogP) is 4.16. The second kappa shape index (κ2) is 6.03. The van der Waals surface area contributed by atoms with Gasteiger partial charge in [0.25, 0.3) is 0 Å². The topological polar surface area (TPSA) is 34.1 Å². The van der Waals surface area contributed by atoms with Gasteiger partial charge in [0.15, 0.2) is 5.13 Å². The summed E-state index contributed by atoms with van der Waals surface area (Å²) < 4.78 is 6.67. The van der Waals surface area contributed by atoms with Crippen molar-refractivity contribution in [2.75, 3.05) is 18.5 Å². The van der Waals surface area contributed by atoms with Crippen LogP contribution in [0.3, 0.4) is 0 Å². The number of anilines is 1. The first kappa shape index (κ1) is 13.1. The molecule has 3 nitrogen and oxygen atoms in total. The summed E-state index contributed by atoms with van der Waals surface area (Å²) in [5.41, 5.74) is 2.16. The van der Waals surface area contributed by atoms with Gasteiger partial charge in [-0.05, 0) is 25.0 Å². The van der Waals surface area contributed by atoms with Crippen molar-refractivity contribution in [3.05, 3.63) is 34.1 Å². The molecular weight excluding hydrogens is 324 g/mol. The van der Waals surface area contributed by atoms with Crippen LogP contribution in [0.15, 0.2) is 34.1 Å². The average Bonchev–Trinajstić information content (AvgIpc) is 3.09. The van der Waals surface area contributed by atoms with Gasteiger partial charge in [-0.25, -0.2) is 4.98 Å². The number of nitrogens with zero attached hydrogens (tertiary/aromatic N) is 1. The van der Waals surface area contributed by atoms with Gasteiger partial charge in [-0.2, -0.15) is 0 Å². The maximum atomic E-state index is 5.59. The predicted molar refractivity (Wildman–Crippen MR) is 82.7 cm³/mol. The van der Waals surface area contributed by atoms with Crippen molar-refractivity contribution in [2.24, 2.45) is 0 Å². The third kappa shape index (κ3) is 3.35. The molecule has 2 heterocycles. The molecule has 0 amide bonds. The quantitative estimate of drug-likeness (QED) is 0.908. The number of benzene rings is 1. The van der Waals surface area contributed by atoms with E-state index in [0.29, 0.717) is 6.10 Å². The fourth-order valence-corrected chi connectivity index (χ4v) is 3.11. The number of hydrogen-bond acceptors (Lipinski definition) is 4. The molecule has 100 valence electrons. The van der Waals surface area contributed by atoms with E-state index >= 15 is 0 Å².